The number of carbonyl (C=O) groups is 2. The fourth-order valence-corrected chi connectivity index (χ4v) is 3.82. The van der Waals surface area contributed by atoms with Crippen LogP contribution in [0.2, 0.25) is 0 Å². The number of rotatable bonds is 5. The molecule has 1 aliphatic heterocycles. The number of likely N-dealkylation sites (N-methyl/N-ethyl adjacent to an activating group) is 1. The first-order valence-electron chi connectivity index (χ1n) is 12.4. The van der Waals surface area contributed by atoms with E-state index in [1.165, 1.54) is 7.11 Å². The number of benzene rings is 1. The van der Waals surface area contributed by atoms with E-state index in [-0.39, 0.29) is 43.3 Å². The van der Waals surface area contributed by atoms with Crippen molar-refractivity contribution < 1.29 is 28.5 Å². The van der Waals surface area contributed by atoms with Gasteiger partial charge in [0.25, 0.3) is 0 Å². The van der Waals surface area contributed by atoms with E-state index in [2.05, 4.69) is 27.9 Å². The number of cyclic esters (lactones) is 1. The first-order valence-corrected chi connectivity index (χ1v) is 12.4. The number of amides is 2. The van der Waals surface area contributed by atoms with E-state index in [1.54, 1.807) is 41.9 Å². The maximum atomic E-state index is 13.0. The molecule has 0 fully saturated rings. The smallest absolute Gasteiger partial charge is 0.321 e. The number of carbonyl (C=O) groups excluding carboxylic acids is 2. The second-order valence-electron chi connectivity index (χ2n) is 9.27. The van der Waals surface area contributed by atoms with Crippen molar-refractivity contribution in [2.75, 3.05) is 46.3 Å². The predicted molar refractivity (Wildman–Crippen MR) is 137 cm³/mol. The summed E-state index contributed by atoms with van der Waals surface area (Å²) in [5.74, 6) is 0.936. The van der Waals surface area contributed by atoms with Gasteiger partial charge < -0.3 is 34.5 Å². The van der Waals surface area contributed by atoms with Gasteiger partial charge in [-0.1, -0.05) is 12.1 Å². The maximum absolute atomic E-state index is 13.0. The van der Waals surface area contributed by atoms with Crippen LogP contribution in [-0.4, -0.2) is 85.0 Å². The Hall–Kier alpha value is -3.38. The van der Waals surface area contributed by atoms with Crippen LogP contribution in [0.25, 0.3) is 0 Å². The molecule has 2 bridgehead atoms. The largest absolute Gasteiger partial charge is 0.497 e. The zero-order chi connectivity index (χ0) is 26.8. The van der Waals surface area contributed by atoms with Crippen LogP contribution in [0.3, 0.4) is 0 Å². The first kappa shape index (κ1) is 28.2. The van der Waals surface area contributed by atoms with Gasteiger partial charge in [-0.2, -0.15) is 0 Å². The van der Waals surface area contributed by atoms with Gasteiger partial charge in [-0.15, -0.1) is 5.10 Å². The molecule has 0 saturated carbocycles. The third-order valence-corrected chi connectivity index (χ3v) is 6.17. The molecule has 0 spiro atoms. The van der Waals surface area contributed by atoms with Gasteiger partial charge in [0.2, 0.25) is 0 Å². The fourth-order valence-electron chi connectivity index (χ4n) is 3.82. The molecule has 2 amide bonds. The van der Waals surface area contributed by atoms with Crippen LogP contribution >= 0.6 is 0 Å². The summed E-state index contributed by atoms with van der Waals surface area (Å²) in [6.45, 7) is 6.07. The molecule has 2 N–H and O–H groups in total. The highest BCUT2D eigenvalue weighted by atomic mass is 16.5. The van der Waals surface area contributed by atoms with Crippen LogP contribution in [0.15, 0.2) is 24.4 Å². The molecule has 0 saturated heterocycles. The summed E-state index contributed by atoms with van der Waals surface area (Å²) >= 11 is 0. The molecule has 0 radical (unpaired) electrons. The Bertz CT molecular complexity index is 1030. The van der Waals surface area contributed by atoms with Gasteiger partial charge in [0.05, 0.1) is 38.8 Å². The second kappa shape index (κ2) is 13.8. The van der Waals surface area contributed by atoms with Crippen LogP contribution in [0.1, 0.15) is 32.4 Å². The number of esters is 1. The average Bonchev–Trinajstić information content (AvgIpc) is 3.35. The Morgan fingerprint density at radius 1 is 1.30 bits per heavy atom. The van der Waals surface area contributed by atoms with E-state index in [9.17, 15) is 9.59 Å². The van der Waals surface area contributed by atoms with E-state index in [1.807, 2.05) is 13.1 Å². The highest BCUT2D eigenvalue weighted by molar-refractivity contribution is 5.91. The SMILES string of the molecule is COc1ccc(NC(=O)N(C)C[C@H]2OCc3cn(nn3)CCCC(=O)OC[C@@H](C)NC[C@H]2C)c(OC)c1. The van der Waals surface area contributed by atoms with Gasteiger partial charge in [-0.25, -0.2) is 4.79 Å². The third kappa shape index (κ3) is 8.60. The van der Waals surface area contributed by atoms with Crippen molar-refractivity contribution in [1.82, 2.24) is 25.2 Å². The van der Waals surface area contributed by atoms with E-state index in [0.29, 0.717) is 55.4 Å². The lowest BCUT2D eigenvalue weighted by molar-refractivity contribution is -0.144. The summed E-state index contributed by atoms with van der Waals surface area (Å²) in [5.41, 5.74) is 1.22. The zero-order valence-electron chi connectivity index (χ0n) is 22.2. The quantitative estimate of drug-likeness (QED) is 0.573. The monoisotopic (exact) mass is 518 g/mol. The number of nitrogens with zero attached hydrogens (tertiary/aromatic N) is 4. The van der Waals surface area contributed by atoms with Gasteiger partial charge >= 0.3 is 12.0 Å². The predicted octanol–water partition coefficient (Wildman–Crippen LogP) is 2.30. The highest BCUT2D eigenvalue weighted by Gasteiger charge is 2.24. The molecule has 1 aliphatic rings. The van der Waals surface area contributed by atoms with E-state index in [4.69, 9.17) is 18.9 Å². The van der Waals surface area contributed by atoms with Crippen molar-refractivity contribution in [2.45, 2.75) is 52.0 Å². The van der Waals surface area contributed by atoms with Gasteiger partial charge in [-0.3, -0.25) is 9.48 Å². The van der Waals surface area contributed by atoms with E-state index in [0.717, 1.165) is 0 Å². The standard InChI is InChI=1S/C25H38N6O6/c1-17-12-26-18(2)15-37-24(32)7-6-10-31-13-19(28-29-31)16-36-23(17)14-30(3)25(33)27-21-9-8-20(34-4)11-22(21)35-5/h8-9,11,13,17-18,23,26H,6-7,10,12,14-16H2,1-5H3,(H,27,33)/t17-,18-,23-/m1/s1. The summed E-state index contributed by atoms with van der Waals surface area (Å²) in [6, 6.07) is 4.88. The summed E-state index contributed by atoms with van der Waals surface area (Å²) < 4.78 is 23.9. The molecule has 204 valence electrons. The molecule has 0 aliphatic carbocycles. The molecular formula is C25H38N6O6. The average molecular weight is 519 g/mol. The number of fused-ring (bicyclic) bond motifs is 2. The lowest BCUT2D eigenvalue weighted by atomic mass is 10.0. The number of hydrogen-bond donors (Lipinski definition) is 2. The minimum Gasteiger partial charge on any atom is -0.497 e. The Labute approximate surface area is 217 Å². The number of urea groups is 1. The molecule has 0 unspecified atom stereocenters. The molecule has 3 rings (SSSR count). The fraction of sp³-hybridized carbons (Fsp3) is 0.600. The minimum absolute atomic E-state index is 0.0174. The number of anilines is 1. The van der Waals surface area contributed by atoms with Gasteiger partial charge in [0.1, 0.15) is 23.8 Å². The number of aryl methyl sites for hydroxylation is 1. The third-order valence-electron chi connectivity index (χ3n) is 6.17. The van der Waals surface area contributed by atoms with Gasteiger partial charge in [-0.05, 0) is 31.4 Å². The summed E-state index contributed by atoms with van der Waals surface area (Å²) in [5, 5.41) is 14.6. The van der Waals surface area contributed by atoms with Crippen molar-refractivity contribution in [2.24, 2.45) is 5.92 Å². The van der Waals surface area contributed by atoms with E-state index >= 15 is 0 Å². The number of aromatic nitrogens is 3. The van der Waals surface area contributed by atoms with Crippen molar-refractivity contribution in [1.29, 1.82) is 0 Å². The number of nitrogens with one attached hydrogen (secondary N) is 2. The molecule has 1 aromatic heterocycles. The van der Waals surface area contributed by atoms with Crippen LogP contribution in [0.5, 0.6) is 11.5 Å². The Morgan fingerprint density at radius 2 is 2.11 bits per heavy atom. The normalized spacial score (nSPS) is 21.5. The Kier molecular flexibility index (Phi) is 10.5. The number of hydrogen-bond acceptors (Lipinski definition) is 9. The van der Waals surface area contributed by atoms with Crippen LogP contribution in [0, 0.1) is 5.92 Å². The van der Waals surface area contributed by atoms with Crippen LogP contribution in [0.4, 0.5) is 10.5 Å². The number of methoxy groups -OCH3 is 2. The minimum atomic E-state index is -0.300. The van der Waals surface area contributed by atoms with Crippen molar-refractivity contribution in [3.8, 4) is 11.5 Å². The molecule has 1 aromatic carbocycles. The molecular weight excluding hydrogens is 480 g/mol. The molecule has 2 aromatic rings. The summed E-state index contributed by atoms with van der Waals surface area (Å²) in [7, 11) is 4.82. The van der Waals surface area contributed by atoms with Gasteiger partial charge in [0.15, 0.2) is 0 Å². The van der Waals surface area contributed by atoms with Crippen LogP contribution < -0.4 is 20.1 Å². The molecule has 12 nitrogen and oxygen atoms in total. The first-order chi connectivity index (χ1) is 17.8. The van der Waals surface area contributed by atoms with Crippen molar-refractivity contribution in [3.63, 3.8) is 0 Å². The topological polar surface area (TPSA) is 129 Å². The summed E-state index contributed by atoms with van der Waals surface area (Å²) in [4.78, 5) is 26.6. The molecule has 12 heteroatoms. The van der Waals surface area contributed by atoms with Gasteiger partial charge in [0, 0.05) is 45.2 Å². The maximum Gasteiger partial charge on any atom is 0.321 e. The van der Waals surface area contributed by atoms with Crippen molar-refractivity contribution >= 4 is 17.7 Å². The second-order valence-corrected chi connectivity index (χ2v) is 9.27. The highest BCUT2D eigenvalue weighted by Crippen LogP contribution is 2.29. The molecule has 37 heavy (non-hydrogen) atoms. The van der Waals surface area contributed by atoms with Crippen molar-refractivity contribution in [3.05, 3.63) is 30.1 Å². The van der Waals surface area contributed by atoms with E-state index < -0.39 is 0 Å². The lowest BCUT2D eigenvalue weighted by Crippen LogP contribution is -2.44. The molecule has 3 atom stereocenters. The lowest BCUT2D eigenvalue weighted by Gasteiger charge is -2.30. The molecule has 2 heterocycles. The number of ether oxygens (including phenoxy) is 4. The Balaban J connectivity index is 1.68. The Morgan fingerprint density at radius 3 is 2.86 bits per heavy atom. The summed E-state index contributed by atoms with van der Waals surface area (Å²) in [6.07, 6.45) is 2.45. The zero-order valence-corrected chi connectivity index (χ0v) is 22.2. The van der Waals surface area contributed by atoms with Crippen LogP contribution in [-0.2, 0) is 27.4 Å².